The molecule has 0 fully saturated rings. The number of nitrogens with two attached hydrogens (primary N) is 1. The van der Waals surface area contributed by atoms with Crippen molar-refractivity contribution in [2.24, 2.45) is 10.9 Å². The van der Waals surface area contributed by atoms with Gasteiger partial charge >= 0.3 is 12.2 Å². The van der Waals surface area contributed by atoms with E-state index in [9.17, 15) is 32.9 Å². The number of nitro benzene ring substituents is 1. The fourth-order valence-electron chi connectivity index (χ4n) is 2.74. The molecule has 3 rings (SSSR count). The van der Waals surface area contributed by atoms with Crippen molar-refractivity contribution < 1.29 is 32.5 Å². The molecule has 1 atom stereocenters. The number of primary amides is 1. The Morgan fingerprint density at radius 1 is 1.32 bits per heavy atom. The number of halogens is 4. The molecular formula is C18H15ClF3N7O5. The van der Waals surface area contributed by atoms with Gasteiger partial charge in [0.2, 0.25) is 0 Å². The second kappa shape index (κ2) is 9.78. The molecule has 1 aromatic carbocycles. The zero-order valence-corrected chi connectivity index (χ0v) is 17.6. The van der Waals surface area contributed by atoms with Crippen molar-refractivity contribution in [3.8, 4) is 0 Å². The van der Waals surface area contributed by atoms with E-state index in [0.29, 0.717) is 11.2 Å². The Morgan fingerprint density at radius 2 is 2.00 bits per heavy atom. The van der Waals surface area contributed by atoms with Crippen molar-refractivity contribution in [3.63, 3.8) is 0 Å². The number of nitrogens with one attached hydrogen (secondary N) is 2. The van der Waals surface area contributed by atoms with Crippen LogP contribution in [0.15, 0.2) is 41.7 Å². The molecule has 3 amide bonds. The van der Waals surface area contributed by atoms with Crippen LogP contribution in [0.3, 0.4) is 0 Å². The van der Waals surface area contributed by atoms with Gasteiger partial charge in [-0.2, -0.15) is 13.2 Å². The van der Waals surface area contributed by atoms with E-state index in [4.69, 9.17) is 22.2 Å². The lowest BCUT2D eigenvalue weighted by atomic mass is 10.1. The van der Waals surface area contributed by atoms with Gasteiger partial charge in [-0.05, 0) is 18.2 Å². The molecule has 0 saturated heterocycles. The highest BCUT2D eigenvalue weighted by Gasteiger charge is 2.32. The quantitative estimate of drug-likeness (QED) is 0.404. The lowest BCUT2D eigenvalue weighted by molar-refractivity contribution is -0.384. The lowest BCUT2D eigenvalue weighted by Crippen LogP contribution is -2.51. The highest BCUT2D eigenvalue weighted by atomic mass is 35.5. The number of carbonyl (C=O) groups excluding carboxylic acids is 2. The smallest absolute Gasteiger partial charge is 0.390 e. The number of alkyl halides is 3. The van der Waals surface area contributed by atoms with Crippen LogP contribution in [-0.4, -0.2) is 40.2 Å². The van der Waals surface area contributed by atoms with E-state index in [1.54, 1.807) is 0 Å². The molecule has 180 valence electrons. The number of non-ortho nitro benzene ring substituents is 1. The van der Waals surface area contributed by atoms with Crippen LogP contribution in [0, 0.1) is 10.1 Å². The van der Waals surface area contributed by atoms with Gasteiger partial charge in [0, 0.05) is 24.8 Å². The van der Waals surface area contributed by atoms with Gasteiger partial charge in [-0.25, -0.2) is 14.8 Å². The SMILES string of the molecule is NC(=O)N(NC(=O)C1=NOC(CNc2ncc(C(F)(F)F)cc2Cl)C1)c1ccc([N+](=O)[O-])cc1. The summed E-state index contributed by atoms with van der Waals surface area (Å²) < 4.78 is 38.1. The Morgan fingerprint density at radius 3 is 2.56 bits per heavy atom. The number of carbonyl (C=O) groups is 2. The van der Waals surface area contributed by atoms with Crippen LogP contribution in [0.2, 0.25) is 5.02 Å². The number of benzene rings is 1. The highest BCUT2D eigenvalue weighted by molar-refractivity contribution is 6.39. The van der Waals surface area contributed by atoms with Gasteiger partial charge in [-0.3, -0.25) is 20.3 Å². The van der Waals surface area contributed by atoms with Gasteiger partial charge in [0.25, 0.3) is 11.6 Å². The molecule has 34 heavy (non-hydrogen) atoms. The number of hydrogen-bond donors (Lipinski definition) is 3. The van der Waals surface area contributed by atoms with Crippen molar-refractivity contribution >= 4 is 46.4 Å². The third-order valence-electron chi connectivity index (χ3n) is 4.41. The Balaban J connectivity index is 1.57. The summed E-state index contributed by atoms with van der Waals surface area (Å²) in [5, 5.41) is 17.5. The summed E-state index contributed by atoms with van der Waals surface area (Å²) in [6, 6.07) is 4.32. The van der Waals surface area contributed by atoms with Gasteiger partial charge in [0.15, 0.2) is 6.10 Å². The van der Waals surface area contributed by atoms with E-state index < -0.39 is 34.7 Å². The number of hydrazine groups is 1. The Kier molecular flexibility index (Phi) is 7.05. The van der Waals surface area contributed by atoms with Crippen molar-refractivity contribution in [1.82, 2.24) is 10.4 Å². The third-order valence-corrected chi connectivity index (χ3v) is 4.70. The van der Waals surface area contributed by atoms with Crippen LogP contribution in [-0.2, 0) is 15.8 Å². The van der Waals surface area contributed by atoms with E-state index in [2.05, 4.69) is 20.9 Å². The first-order chi connectivity index (χ1) is 16.0. The minimum atomic E-state index is -4.59. The zero-order chi connectivity index (χ0) is 25.0. The number of urea groups is 1. The lowest BCUT2D eigenvalue weighted by Gasteiger charge is -2.20. The zero-order valence-electron chi connectivity index (χ0n) is 16.9. The molecule has 1 aliphatic rings. The van der Waals surface area contributed by atoms with E-state index in [1.807, 2.05) is 0 Å². The van der Waals surface area contributed by atoms with Crippen LogP contribution in [0.25, 0.3) is 0 Å². The summed E-state index contributed by atoms with van der Waals surface area (Å²) in [5.74, 6) is -0.848. The van der Waals surface area contributed by atoms with Crippen LogP contribution in [0.1, 0.15) is 12.0 Å². The third kappa shape index (κ3) is 5.80. The average molecular weight is 502 g/mol. The number of nitro groups is 1. The fraction of sp³-hybridized carbons (Fsp3) is 0.222. The molecule has 0 spiro atoms. The van der Waals surface area contributed by atoms with Crippen molar-refractivity contribution in [1.29, 1.82) is 0 Å². The summed E-state index contributed by atoms with van der Waals surface area (Å²) in [6.07, 6.45) is -4.69. The van der Waals surface area contributed by atoms with E-state index in [0.717, 1.165) is 18.2 Å². The van der Waals surface area contributed by atoms with Crippen molar-refractivity contribution in [2.45, 2.75) is 18.7 Å². The van der Waals surface area contributed by atoms with Gasteiger partial charge in [0.1, 0.15) is 11.5 Å². The van der Waals surface area contributed by atoms with Gasteiger partial charge in [0.05, 0.1) is 27.7 Å². The largest absolute Gasteiger partial charge is 0.417 e. The minimum absolute atomic E-state index is 0.000249. The Bertz CT molecular complexity index is 1140. The molecule has 0 aliphatic carbocycles. The van der Waals surface area contributed by atoms with Crippen LogP contribution in [0.4, 0.5) is 35.2 Å². The Labute approximate surface area is 193 Å². The number of anilines is 2. The second-order valence-corrected chi connectivity index (χ2v) is 7.20. The molecule has 2 aromatic rings. The highest BCUT2D eigenvalue weighted by Crippen LogP contribution is 2.32. The first kappa shape index (κ1) is 24.5. The van der Waals surface area contributed by atoms with Gasteiger partial charge in [-0.1, -0.05) is 16.8 Å². The number of rotatable bonds is 6. The maximum absolute atomic E-state index is 12.7. The molecule has 0 bridgehead atoms. The van der Waals surface area contributed by atoms with Crippen LogP contribution >= 0.6 is 11.6 Å². The number of nitrogens with zero attached hydrogens (tertiary/aromatic N) is 4. The van der Waals surface area contributed by atoms with Crippen molar-refractivity contribution in [3.05, 3.63) is 57.2 Å². The predicted molar refractivity (Wildman–Crippen MR) is 113 cm³/mol. The number of hydrogen-bond acceptors (Lipinski definition) is 8. The monoisotopic (exact) mass is 501 g/mol. The molecule has 16 heteroatoms. The Hall–Kier alpha value is -4.14. The topological polar surface area (TPSA) is 165 Å². The van der Waals surface area contributed by atoms with E-state index >= 15 is 0 Å². The summed E-state index contributed by atoms with van der Waals surface area (Å²) in [5.41, 5.74) is 6.22. The molecule has 1 aliphatic heterocycles. The van der Waals surface area contributed by atoms with Crippen molar-refractivity contribution in [2.75, 3.05) is 16.9 Å². The molecule has 1 aromatic heterocycles. The average Bonchev–Trinajstić information content (AvgIpc) is 3.25. The first-order valence-electron chi connectivity index (χ1n) is 9.30. The number of amides is 3. The molecule has 0 saturated carbocycles. The molecule has 12 nitrogen and oxygen atoms in total. The second-order valence-electron chi connectivity index (χ2n) is 6.79. The molecule has 2 heterocycles. The van der Waals surface area contributed by atoms with E-state index in [-0.39, 0.29) is 40.9 Å². The minimum Gasteiger partial charge on any atom is -0.390 e. The molecule has 0 radical (unpaired) electrons. The maximum atomic E-state index is 12.7. The molecule has 4 N–H and O–H groups in total. The van der Waals surface area contributed by atoms with Gasteiger partial charge < -0.3 is 15.9 Å². The summed E-state index contributed by atoms with van der Waals surface area (Å²) in [4.78, 5) is 43.1. The summed E-state index contributed by atoms with van der Waals surface area (Å²) in [6.45, 7) is 0.000249. The predicted octanol–water partition coefficient (Wildman–Crippen LogP) is 2.84. The standard InChI is InChI=1S/C18H15ClF3N7O5/c19-13-5-9(18(20,21)22)7-24-15(13)25-8-12-6-14(27-34-12)16(30)26-28(17(23)31)10-1-3-11(4-2-10)29(32)33/h1-5,7,12H,6,8H2,(H2,23,31)(H,24,25)(H,26,30). The van der Waals surface area contributed by atoms with E-state index in [1.165, 1.54) is 12.1 Å². The number of pyridine rings is 1. The first-order valence-corrected chi connectivity index (χ1v) is 9.68. The normalized spacial score (nSPS) is 15.2. The van der Waals surface area contributed by atoms with Crippen LogP contribution in [0.5, 0.6) is 0 Å². The maximum Gasteiger partial charge on any atom is 0.417 e. The summed E-state index contributed by atoms with van der Waals surface area (Å²) >= 11 is 5.83. The number of oxime groups is 1. The molecular weight excluding hydrogens is 487 g/mol. The fourth-order valence-corrected chi connectivity index (χ4v) is 2.97. The van der Waals surface area contributed by atoms with Gasteiger partial charge in [-0.15, -0.1) is 0 Å². The molecule has 1 unspecified atom stereocenters. The number of aromatic nitrogens is 1. The van der Waals surface area contributed by atoms with Crippen LogP contribution < -0.4 is 21.5 Å². The summed E-state index contributed by atoms with van der Waals surface area (Å²) in [7, 11) is 0.